The Morgan fingerprint density at radius 1 is 1.00 bits per heavy atom. The van der Waals surface area contributed by atoms with Crippen molar-refractivity contribution in [1.82, 2.24) is 0 Å². The highest BCUT2D eigenvalue weighted by atomic mass is 79.9. The van der Waals surface area contributed by atoms with E-state index in [1.54, 1.807) is 55.5 Å². The topological polar surface area (TPSA) is 102 Å². The Bertz CT molecular complexity index is 1260. The lowest BCUT2D eigenvalue weighted by molar-refractivity contribution is -0.114. The molecule has 34 heavy (non-hydrogen) atoms. The fraction of sp³-hybridized carbons (Fsp3) is 0.167. The maximum Gasteiger partial charge on any atom is 0.338 e. The van der Waals surface area contributed by atoms with E-state index >= 15 is 0 Å². The van der Waals surface area contributed by atoms with Crippen LogP contribution in [0.25, 0.3) is 0 Å². The van der Waals surface area contributed by atoms with E-state index in [9.17, 15) is 18.0 Å². The zero-order valence-corrected chi connectivity index (χ0v) is 20.9. The average Bonchev–Trinajstić information content (AvgIpc) is 2.83. The van der Waals surface area contributed by atoms with Crippen LogP contribution in [0.5, 0.6) is 5.75 Å². The van der Waals surface area contributed by atoms with Gasteiger partial charge in [0.1, 0.15) is 17.2 Å². The first-order valence-electron chi connectivity index (χ1n) is 10.2. The third kappa shape index (κ3) is 5.95. The maximum atomic E-state index is 13.6. The quantitative estimate of drug-likeness (QED) is 0.397. The summed E-state index contributed by atoms with van der Waals surface area (Å²) in [6.45, 7) is 1.48. The summed E-state index contributed by atoms with van der Waals surface area (Å²) in [5, 5.41) is 2.67. The zero-order valence-electron chi connectivity index (χ0n) is 18.5. The van der Waals surface area contributed by atoms with Gasteiger partial charge >= 0.3 is 5.97 Å². The standard InChI is InChI=1S/C24H23BrN2O6S/c1-3-33-24(29)17-9-12-19(13-10-17)26-23(28)16-27(20-7-5-4-6-8-20)34(30,31)22-15-18(25)11-14-21(22)32-2/h4-15H,3,16H2,1-2H3,(H,26,28). The highest BCUT2D eigenvalue weighted by Crippen LogP contribution is 2.32. The molecule has 0 aliphatic carbocycles. The van der Waals surface area contributed by atoms with Gasteiger partial charge in [0.2, 0.25) is 5.91 Å². The average molecular weight is 547 g/mol. The van der Waals surface area contributed by atoms with Gasteiger partial charge in [0, 0.05) is 10.2 Å². The Balaban J connectivity index is 1.89. The molecule has 0 unspecified atom stereocenters. The molecule has 0 atom stereocenters. The molecule has 0 bridgehead atoms. The van der Waals surface area contributed by atoms with Crippen molar-refractivity contribution in [3.05, 3.63) is 82.8 Å². The van der Waals surface area contributed by atoms with Crippen LogP contribution >= 0.6 is 15.9 Å². The van der Waals surface area contributed by atoms with E-state index in [-0.39, 0.29) is 17.3 Å². The summed E-state index contributed by atoms with van der Waals surface area (Å²) in [5.41, 5.74) is 1.07. The van der Waals surface area contributed by atoms with Crippen molar-refractivity contribution in [2.45, 2.75) is 11.8 Å². The van der Waals surface area contributed by atoms with Gasteiger partial charge in [0.25, 0.3) is 10.0 Å². The molecular formula is C24H23BrN2O6S. The summed E-state index contributed by atoms with van der Waals surface area (Å²) in [6, 6.07) is 19.1. The SMILES string of the molecule is CCOC(=O)c1ccc(NC(=O)CN(c2ccccc2)S(=O)(=O)c2cc(Br)ccc2OC)cc1. The Hall–Kier alpha value is -3.37. The van der Waals surface area contributed by atoms with E-state index in [1.807, 2.05) is 0 Å². The predicted octanol–water partition coefficient (Wildman–Crippen LogP) is 4.47. The Labute approximate surface area is 206 Å². The number of methoxy groups -OCH3 is 1. The number of hydrogen-bond donors (Lipinski definition) is 1. The Morgan fingerprint density at radius 2 is 1.68 bits per heavy atom. The lowest BCUT2D eigenvalue weighted by Crippen LogP contribution is -2.38. The van der Waals surface area contributed by atoms with Crippen LogP contribution in [-0.2, 0) is 19.6 Å². The van der Waals surface area contributed by atoms with Crippen molar-refractivity contribution in [2.75, 3.05) is 29.9 Å². The fourth-order valence-corrected chi connectivity index (χ4v) is 5.23. The van der Waals surface area contributed by atoms with Crippen molar-refractivity contribution in [1.29, 1.82) is 0 Å². The molecule has 3 rings (SSSR count). The van der Waals surface area contributed by atoms with E-state index < -0.39 is 28.4 Å². The number of esters is 1. The monoisotopic (exact) mass is 546 g/mol. The van der Waals surface area contributed by atoms with Crippen LogP contribution in [0.2, 0.25) is 0 Å². The van der Waals surface area contributed by atoms with Gasteiger partial charge in [0.05, 0.1) is 25.0 Å². The molecule has 0 saturated heterocycles. The summed E-state index contributed by atoms with van der Waals surface area (Å²) >= 11 is 3.29. The van der Waals surface area contributed by atoms with Crippen LogP contribution in [0.1, 0.15) is 17.3 Å². The normalized spacial score (nSPS) is 10.9. The summed E-state index contributed by atoms with van der Waals surface area (Å²) < 4.78 is 39.0. The second kappa shape index (κ2) is 11.2. The molecule has 1 N–H and O–H groups in total. The number of sulfonamides is 1. The first-order chi connectivity index (χ1) is 16.3. The number of nitrogens with zero attached hydrogens (tertiary/aromatic N) is 1. The third-order valence-corrected chi connectivity index (χ3v) is 6.99. The van der Waals surface area contributed by atoms with Crippen molar-refractivity contribution >= 4 is 49.2 Å². The van der Waals surface area contributed by atoms with Gasteiger partial charge in [-0.1, -0.05) is 34.1 Å². The predicted molar refractivity (Wildman–Crippen MR) is 133 cm³/mol. The van der Waals surface area contributed by atoms with E-state index in [1.165, 1.54) is 31.4 Å². The molecule has 1 amide bonds. The Morgan fingerprint density at radius 3 is 2.29 bits per heavy atom. The van der Waals surface area contributed by atoms with Crippen LogP contribution in [0.4, 0.5) is 11.4 Å². The van der Waals surface area contributed by atoms with Gasteiger partial charge in [-0.15, -0.1) is 0 Å². The lowest BCUT2D eigenvalue weighted by Gasteiger charge is -2.25. The van der Waals surface area contributed by atoms with Gasteiger partial charge in [0.15, 0.2) is 0 Å². The number of para-hydroxylation sites is 1. The van der Waals surface area contributed by atoms with Crippen LogP contribution in [0.15, 0.2) is 82.2 Å². The molecule has 0 aliphatic rings. The van der Waals surface area contributed by atoms with Crippen LogP contribution in [-0.4, -0.2) is 40.6 Å². The second-order valence-electron chi connectivity index (χ2n) is 6.99. The minimum Gasteiger partial charge on any atom is -0.495 e. The highest BCUT2D eigenvalue weighted by molar-refractivity contribution is 9.10. The number of nitrogens with one attached hydrogen (secondary N) is 1. The minimum atomic E-state index is -4.17. The number of halogens is 1. The van der Waals surface area contributed by atoms with Crippen molar-refractivity contribution in [3.63, 3.8) is 0 Å². The maximum absolute atomic E-state index is 13.6. The van der Waals surface area contributed by atoms with Crippen molar-refractivity contribution in [2.24, 2.45) is 0 Å². The molecule has 0 heterocycles. The molecule has 0 spiro atoms. The molecule has 8 nitrogen and oxygen atoms in total. The molecule has 10 heteroatoms. The number of benzene rings is 3. The molecule has 3 aromatic rings. The van der Waals surface area contributed by atoms with Crippen LogP contribution < -0.4 is 14.4 Å². The number of anilines is 2. The summed E-state index contributed by atoms with van der Waals surface area (Å²) in [4.78, 5) is 24.6. The first-order valence-corrected chi connectivity index (χ1v) is 12.5. The number of carbonyl (C=O) groups excluding carboxylic acids is 2. The van der Waals surface area contributed by atoms with Gasteiger partial charge in [-0.2, -0.15) is 0 Å². The van der Waals surface area contributed by atoms with Gasteiger partial charge in [-0.3, -0.25) is 9.10 Å². The first kappa shape index (κ1) is 25.3. The summed E-state index contributed by atoms with van der Waals surface area (Å²) in [6.07, 6.45) is 0. The fourth-order valence-electron chi connectivity index (χ4n) is 3.12. The second-order valence-corrected chi connectivity index (χ2v) is 9.73. The molecule has 0 aliphatic heterocycles. The smallest absolute Gasteiger partial charge is 0.338 e. The van der Waals surface area contributed by atoms with Crippen molar-refractivity contribution < 1.29 is 27.5 Å². The number of ether oxygens (including phenoxy) is 2. The van der Waals surface area contributed by atoms with Crippen molar-refractivity contribution in [3.8, 4) is 5.75 Å². The lowest BCUT2D eigenvalue weighted by atomic mass is 10.2. The largest absolute Gasteiger partial charge is 0.495 e. The number of amides is 1. The number of hydrogen-bond acceptors (Lipinski definition) is 6. The molecule has 0 fully saturated rings. The minimum absolute atomic E-state index is 0.0835. The summed E-state index contributed by atoms with van der Waals surface area (Å²) in [5.74, 6) is -0.880. The van der Waals surface area contributed by atoms with E-state index in [2.05, 4.69) is 21.2 Å². The van der Waals surface area contributed by atoms with Gasteiger partial charge < -0.3 is 14.8 Å². The molecule has 0 saturated carbocycles. The van der Waals surface area contributed by atoms with Crippen LogP contribution in [0.3, 0.4) is 0 Å². The number of carbonyl (C=O) groups is 2. The molecule has 0 radical (unpaired) electrons. The van der Waals surface area contributed by atoms with E-state index in [4.69, 9.17) is 9.47 Å². The molecule has 0 aromatic heterocycles. The van der Waals surface area contributed by atoms with Crippen LogP contribution in [0, 0.1) is 0 Å². The zero-order chi connectivity index (χ0) is 24.7. The molecular weight excluding hydrogens is 524 g/mol. The molecule has 178 valence electrons. The summed E-state index contributed by atoms with van der Waals surface area (Å²) in [7, 11) is -2.80. The van der Waals surface area contributed by atoms with E-state index in [0.717, 1.165) is 4.31 Å². The van der Waals surface area contributed by atoms with E-state index in [0.29, 0.717) is 21.4 Å². The third-order valence-electron chi connectivity index (χ3n) is 4.70. The Kier molecular flexibility index (Phi) is 8.30. The highest BCUT2D eigenvalue weighted by Gasteiger charge is 2.30. The molecule has 3 aromatic carbocycles. The number of rotatable bonds is 9. The van der Waals surface area contributed by atoms with Gasteiger partial charge in [-0.05, 0) is 61.5 Å². The van der Waals surface area contributed by atoms with Gasteiger partial charge in [-0.25, -0.2) is 13.2 Å².